The predicted octanol–water partition coefficient (Wildman–Crippen LogP) is -1.29. The van der Waals surface area contributed by atoms with Gasteiger partial charge in [-0.25, -0.2) is 4.79 Å². The molecule has 118 valence electrons. The Morgan fingerprint density at radius 2 is 1.90 bits per heavy atom. The van der Waals surface area contributed by atoms with Crippen molar-refractivity contribution in [3.05, 3.63) is 29.8 Å². The van der Waals surface area contributed by atoms with Crippen molar-refractivity contribution in [1.82, 2.24) is 0 Å². The Balaban J connectivity index is 0.00000220. The Bertz CT molecular complexity index is 430. The molecule has 0 spiro atoms. The van der Waals surface area contributed by atoms with Gasteiger partial charge >= 0.3 is 5.97 Å². The Kier molecular flexibility index (Phi) is 7.54. The van der Waals surface area contributed by atoms with E-state index in [0.29, 0.717) is 17.3 Å². The van der Waals surface area contributed by atoms with Crippen molar-refractivity contribution in [2.24, 2.45) is 0 Å². The van der Waals surface area contributed by atoms with Gasteiger partial charge in [0.05, 0.1) is 11.6 Å². The fourth-order valence-corrected chi connectivity index (χ4v) is 2.67. The van der Waals surface area contributed by atoms with Crippen LogP contribution in [0.15, 0.2) is 24.3 Å². The molecular weight excluding hydrogens is 288 g/mol. The Morgan fingerprint density at radius 1 is 1.29 bits per heavy atom. The summed E-state index contributed by atoms with van der Waals surface area (Å²) in [5, 5.41) is 2.33. The number of ether oxygens (including phenoxy) is 1. The molecule has 1 aliphatic carbocycles. The van der Waals surface area contributed by atoms with Gasteiger partial charge in [0, 0.05) is 5.69 Å². The number of anilines is 1. The van der Waals surface area contributed by atoms with Crippen LogP contribution in [0.2, 0.25) is 0 Å². The van der Waals surface area contributed by atoms with Gasteiger partial charge in [-0.05, 0) is 56.9 Å². The maximum absolute atomic E-state index is 11.9. The third-order valence-corrected chi connectivity index (χ3v) is 3.91. The van der Waals surface area contributed by atoms with Crippen molar-refractivity contribution in [3.8, 4) is 0 Å². The van der Waals surface area contributed by atoms with Crippen LogP contribution in [0, 0.1) is 0 Å². The van der Waals surface area contributed by atoms with Crippen molar-refractivity contribution < 1.29 is 27.3 Å². The van der Waals surface area contributed by atoms with E-state index in [2.05, 4.69) is 5.32 Å². The molecule has 0 radical (unpaired) electrons. The van der Waals surface area contributed by atoms with Crippen LogP contribution in [0.3, 0.4) is 0 Å². The molecule has 1 atom stereocenters. The number of hydrogen-bond donors (Lipinski definition) is 2. The van der Waals surface area contributed by atoms with Crippen molar-refractivity contribution in [2.75, 3.05) is 12.3 Å². The quantitative estimate of drug-likeness (QED) is 0.525. The summed E-state index contributed by atoms with van der Waals surface area (Å²) in [4.78, 5) is 11.9. The molecule has 0 aliphatic heterocycles. The second-order valence-electron chi connectivity index (χ2n) is 5.71. The van der Waals surface area contributed by atoms with E-state index in [-0.39, 0.29) is 24.5 Å². The van der Waals surface area contributed by atoms with Crippen LogP contribution in [0.25, 0.3) is 0 Å². The van der Waals surface area contributed by atoms with Gasteiger partial charge in [0.1, 0.15) is 12.6 Å². The molecule has 0 bridgehead atoms. The summed E-state index contributed by atoms with van der Waals surface area (Å²) < 4.78 is 5.46. The largest absolute Gasteiger partial charge is 1.00 e. The number of nitrogen functional groups attached to an aromatic ring is 1. The number of rotatable bonds is 5. The average Bonchev–Trinajstić information content (AvgIpc) is 2.47. The Hall–Kier alpha value is -1.26. The second-order valence-corrected chi connectivity index (χ2v) is 5.71. The van der Waals surface area contributed by atoms with Gasteiger partial charge in [-0.15, -0.1) is 0 Å². The first kappa shape index (κ1) is 17.8. The number of esters is 1. The summed E-state index contributed by atoms with van der Waals surface area (Å²) in [7, 11) is 0. The van der Waals surface area contributed by atoms with Gasteiger partial charge in [0.2, 0.25) is 0 Å². The molecule has 0 aromatic heterocycles. The van der Waals surface area contributed by atoms with Gasteiger partial charge in [0.15, 0.2) is 0 Å². The SMILES string of the molecule is CC(C[NH2+]C1CCCCC1)OC(=O)c1ccc(N)cc1.[Cl-]. The van der Waals surface area contributed by atoms with Crippen LogP contribution in [0.5, 0.6) is 0 Å². The number of benzene rings is 1. The van der Waals surface area contributed by atoms with E-state index in [1.807, 2.05) is 6.92 Å². The monoisotopic (exact) mass is 312 g/mol. The summed E-state index contributed by atoms with van der Waals surface area (Å²) in [6.07, 6.45) is 6.55. The molecule has 4 nitrogen and oxygen atoms in total. The lowest BCUT2D eigenvalue weighted by atomic mass is 9.95. The molecule has 1 unspecified atom stereocenters. The normalized spacial score (nSPS) is 16.8. The number of nitrogens with two attached hydrogens (primary N) is 2. The second kappa shape index (κ2) is 8.90. The highest BCUT2D eigenvalue weighted by Gasteiger charge is 2.19. The van der Waals surface area contributed by atoms with E-state index in [1.165, 1.54) is 32.1 Å². The number of carbonyl (C=O) groups excluding carboxylic acids is 1. The zero-order chi connectivity index (χ0) is 14.4. The van der Waals surface area contributed by atoms with E-state index in [1.54, 1.807) is 24.3 Å². The maximum Gasteiger partial charge on any atom is 0.338 e. The molecular formula is C16H25ClN2O2. The first-order valence-corrected chi connectivity index (χ1v) is 7.55. The highest BCUT2D eigenvalue weighted by molar-refractivity contribution is 5.89. The van der Waals surface area contributed by atoms with Crippen molar-refractivity contribution >= 4 is 11.7 Å². The fourth-order valence-electron chi connectivity index (χ4n) is 2.67. The number of hydrogen-bond acceptors (Lipinski definition) is 3. The molecule has 1 saturated carbocycles. The standard InChI is InChI=1S/C16H24N2O2.ClH/c1-12(11-18-15-5-3-2-4-6-15)20-16(19)13-7-9-14(17)10-8-13;/h7-10,12,15,18H,2-6,11,17H2,1H3;1H. The third kappa shape index (κ3) is 5.94. The molecule has 0 saturated heterocycles. The number of halogens is 1. The van der Waals surface area contributed by atoms with Gasteiger partial charge in [-0.3, -0.25) is 0 Å². The van der Waals surface area contributed by atoms with Crippen molar-refractivity contribution in [2.45, 2.75) is 51.2 Å². The van der Waals surface area contributed by atoms with E-state index in [0.717, 1.165) is 6.54 Å². The third-order valence-electron chi connectivity index (χ3n) is 3.91. The zero-order valence-electron chi connectivity index (χ0n) is 12.6. The van der Waals surface area contributed by atoms with E-state index in [4.69, 9.17) is 10.5 Å². The summed E-state index contributed by atoms with van der Waals surface area (Å²) in [6, 6.07) is 7.55. The summed E-state index contributed by atoms with van der Waals surface area (Å²) in [5.41, 5.74) is 6.81. The van der Waals surface area contributed by atoms with E-state index < -0.39 is 0 Å². The lowest BCUT2D eigenvalue weighted by Crippen LogP contribution is -3.00. The molecule has 1 aromatic carbocycles. The van der Waals surface area contributed by atoms with Crippen LogP contribution >= 0.6 is 0 Å². The minimum atomic E-state index is -0.269. The summed E-state index contributed by atoms with van der Waals surface area (Å²) >= 11 is 0. The minimum absolute atomic E-state index is 0. The molecule has 0 heterocycles. The molecule has 1 aliphatic rings. The Labute approximate surface area is 132 Å². The van der Waals surface area contributed by atoms with Crippen LogP contribution in [0.1, 0.15) is 49.4 Å². The molecule has 4 N–H and O–H groups in total. The summed E-state index contributed by atoms with van der Waals surface area (Å²) in [5.74, 6) is -0.269. The van der Waals surface area contributed by atoms with Crippen molar-refractivity contribution in [3.63, 3.8) is 0 Å². The van der Waals surface area contributed by atoms with Crippen molar-refractivity contribution in [1.29, 1.82) is 0 Å². The maximum atomic E-state index is 11.9. The van der Waals surface area contributed by atoms with E-state index >= 15 is 0 Å². The van der Waals surface area contributed by atoms with Gasteiger partial charge in [-0.1, -0.05) is 6.42 Å². The average molecular weight is 313 g/mol. The zero-order valence-corrected chi connectivity index (χ0v) is 13.3. The highest BCUT2D eigenvalue weighted by atomic mass is 35.5. The molecule has 1 fully saturated rings. The molecule has 21 heavy (non-hydrogen) atoms. The Morgan fingerprint density at radius 3 is 2.52 bits per heavy atom. The van der Waals surface area contributed by atoms with Crippen LogP contribution in [-0.4, -0.2) is 24.7 Å². The van der Waals surface area contributed by atoms with Gasteiger partial charge < -0.3 is 28.2 Å². The van der Waals surface area contributed by atoms with Crippen LogP contribution in [0.4, 0.5) is 5.69 Å². The summed E-state index contributed by atoms with van der Waals surface area (Å²) in [6.45, 7) is 2.79. The fraction of sp³-hybridized carbons (Fsp3) is 0.562. The minimum Gasteiger partial charge on any atom is -1.00 e. The molecule has 5 heteroatoms. The first-order valence-electron chi connectivity index (χ1n) is 7.55. The van der Waals surface area contributed by atoms with Crippen LogP contribution < -0.4 is 23.5 Å². The number of carbonyl (C=O) groups is 1. The van der Waals surface area contributed by atoms with Gasteiger partial charge in [0.25, 0.3) is 0 Å². The molecule has 2 rings (SSSR count). The van der Waals surface area contributed by atoms with E-state index in [9.17, 15) is 4.79 Å². The first-order chi connectivity index (χ1) is 9.65. The van der Waals surface area contributed by atoms with Gasteiger partial charge in [-0.2, -0.15) is 0 Å². The number of quaternary nitrogens is 1. The lowest BCUT2D eigenvalue weighted by Gasteiger charge is -2.21. The molecule has 1 aromatic rings. The highest BCUT2D eigenvalue weighted by Crippen LogP contribution is 2.14. The smallest absolute Gasteiger partial charge is 0.338 e. The predicted molar refractivity (Wildman–Crippen MR) is 79.4 cm³/mol. The van der Waals surface area contributed by atoms with Crippen LogP contribution in [-0.2, 0) is 4.74 Å². The molecule has 0 amide bonds. The lowest BCUT2D eigenvalue weighted by molar-refractivity contribution is -0.696. The topological polar surface area (TPSA) is 68.9 Å².